The molecule has 0 N–H and O–H groups in total. The third-order valence-corrected chi connectivity index (χ3v) is 4.79. The van der Waals surface area contributed by atoms with Crippen LogP contribution in [0.3, 0.4) is 0 Å². The standard InChI is InChI=1S/C12H17NO4/c1-11(2)7-4-5-12(11,3)10(17)13(9(7)16)6-8(14)15/h7H,4-6H2,1-3H3,(H,14,15)/p-1/t7-,12-/m0/s1. The molecule has 2 bridgehead atoms. The minimum atomic E-state index is -1.39. The number of piperidine rings is 1. The van der Waals surface area contributed by atoms with Crippen molar-refractivity contribution in [2.24, 2.45) is 16.7 Å². The van der Waals surface area contributed by atoms with Crippen LogP contribution in [0.2, 0.25) is 0 Å². The smallest absolute Gasteiger partial charge is 0.236 e. The summed E-state index contributed by atoms with van der Waals surface area (Å²) < 4.78 is 0. The van der Waals surface area contributed by atoms with Crippen LogP contribution >= 0.6 is 0 Å². The molecular weight excluding hydrogens is 222 g/mol. The molecule has 94 valence electrons. The lowest BCUT2D eigenvalue weighted by Gasteiger charge is -2.47. The van der Waals surface area contributed by atoms with Crippen molar-refractivity contribution in [2.45, 2.75) is 33.6 Å². The van der Waals surface area contributed by atoms with Crippen LogP contribution in [0.5, 0.6) is 0 Å². The quantitative estimate of drug-likeness (QED) is 0.610. The molecule has 0 unspecified atom stereocenters. The van der Waals surface area contributed by atoms with E-state index in [0.717, 1.165) is 4.90 Å². The molecule has 1 aliphatic carbocycles. The Kier molecular flexibility index (Phi) is 2.35. The summed E-state index contributed by atoms with van der Waals surface area (Å²) in [5.74, 6) is -2.39. The number of nitrogens with zero attached hydrogens (tertiary/aromatic N) is 1. The summed E-state index contributed by atoms with van der Waals surface area (Å²) in [5, 5.41) is 10.6. The van der Waals surface area contributed by atoms with E-state index < -0.39 is 23.3 Å². The van der Waals surface area contributed by atoms with E-state index in [2.05, 4.69) is 0 Å². The van der Waals surface area contributed by atoms with E-state index >= 15 is 0 Å². The molecule has 5 nitrogen and oxygen atoms in total. The van der Waals surface area contributed by atoms with Crippen molar-refractivity contribution in [3.05, 3.63) is 0 Å². The molecule has 2 aliphatic rings. The molecule has 17 heavy (non-hydrogen) atoms. The molecule has 0 aromatic heterocycles. The molecule has 1 heterocycles. The van der Waals surface area contributed by atoms with Crippen molar-refractivity contribution in [3.8, 4) is 0 Å². The Morgan fingerprint density at radius 2 is 2.00 bits per heavy atom. The zero-order valence-electron chi connectivity index (χ0n) is 10.3. The van der Waals surface area contributed by atoms with Gasteiger partial charge in [0.1, 0.15) is 0 Å². The highest BCUT2D eigenvalue weighted by Gasteiger charge is 2.64. The van der Waals surface area contributed by atoms with Crippen LogP contribution in [0.15, 0.2) is 0 Å². The van der Waals surface area contributed by atoms with Crippen molar-refractivity contribution < 1.29 is 19.5 Å². The van der Waals surface area contributed by atoms with Gasteiger partial charge >= 0.3 is 0 Å². The second-order valence-electron chi connectivity index (χ2n) is 5.75. The normalized spacial score (nSPS) is 35.2. The van der Waals surface area contributed by atoms with Gasteiger partial charge in [-0.15, -0.1) is 0 Å². The molecule has 0 aromatic carbocycles. The van der Waals surface area contributed by atoms with E-state index in [-0.39, 0.29) is 17.7 Å². The molecule has 1 saturated carbocycles. The Morgan fingerprint density at radius 3 is 2.53 bits per heavy atom. The first-order chi connectivity index (χ1) is 7.72. The molecule has 0 aromatic rings. The fourth-order valence-electron chi connectivity index (χ4n) is 3.18. The summed E-state index contributed by atoms with van der Waals surface area (Å²) >= 11 is 0. The average Bonchev–Trinajstić information content (AvgIpc) is 2.40. The molecule has 0 radical (unpaired) electrons. The second-order valence-corrected chi connectivity index (χ2v) is 5.75. The first kappa shape index (κ1) is 12.1. The van der Waals surface area contributed by atoms with E-state index in [1.165, 1.54) is 0 Å². The monoisotopic (exact) mass is 238 g/mol. The second kappa shape index (κ2) is 3.31. The fraction of sp³-hybridized carbons (Fsp3) is 0.750. The van der Waals surface area contributed by atoms with Gasteiger partial charge in [0.2, 0.25) is 11.8 Å². The summed E-state index contributed by atoms with van der Waals surface area (Å²) in [4.78, 5) is 35.8. The molecule has 1 aliphatic heterocycles. The van der Waals surface area contributed by atoms with Gasteiger partial charge in [0, 0.05) is 5.92 Å². The number of rotatable bonds is 2. The van der Waals surface area contributed by atoms with E-state index in [4.69, 9.17) is 0 Å². The lowest BCUT2D eigenvalue weighted by Crippen LogP contribution is -2.60. The minimum Gasteiger partial charge on any atom is -0.548 e. The summed E-state index contributed by atoms with van der Waals surface area (Å²) in [7, 11) is 0. The van der Waals surface area contributed by atoms with Gasteiger partial charge in [-0.05, 0) is 18.3 Å². The topological polar surface area (TPSA) is 77.5 Å². The van der Waals surface area contributed by atoms with Gasteiger partial charge in [0.25, 0.3) is 0 Å². The van der Waals surface area contributed by atoms with Crippen LogP contribution in [-0.4, -0.2) is 29.2 Å². The van der Waals surface area contributed by atoms with Crippen LogP contribution < -0.4 is 5.11 Å². The minimum absolute atomic E-state index is 0.260. The number of carbonyl (C=O) groups is 3. The molecule has 1 saturated heterocycles. The van der Waals surface area contributed by atoms with Crippen molar-refractivity contribution in [1.82, 2.24) is 4.90 Å². The SMILES string of the molecule is CC1(C)[C@H]2CC[C@@]1(C)C(=O)N(CC(=O)[O-])C2=O. The Morgan fingerprint density at radius 1 is 1.41 bits per heavy atom. The summed E-state index contributed by atoms with van der Waals surface area (Å²) in [6.07, 6.45) is 1.29. The zero-order valence-corrected chi connectivity index (χ0v) is 10.3. The number of imide groups is 1. The number of aliphatic carboxylic acids is 1. The van der Waals surface area contributed by atoms with Gasteiger partial charge in [0.15, 0.2) is 0 Å². The highest BCUT2D eigenvalue weighted by atomic mass is 16.4. The Labute approximate surface area is 99.8 Å². The Balaban J connectivity index is 2.42. The van der Waals surface area contributed by atoms with E-state index in [0.29, 0.717) is 12.8 Å². The molecular formula is C12H16NO4-. The van der Waals surface area contributed by atoms with Gasteiger partial charge in [-0.3, -0.25) is 14.5 Å². The first-order valence-corrected chi connectivity index (χ1v) is 5.77. The average molecular weight is 238 g/mol. The third kappa shape index (κ3) is 1.34. The van der Waals surface area contributed by atoms with Crippen LogP contribution in [0.4, 0.5) is 0 Å². The molecule has 2 fully saturated rings. The van der Waals surface area contributed by atoms with Crippen LogP contribution in [0, 0.1) is 16.7 Å². The summed E-state index contributed by atoms with van der Waals surface area (Å²) in [6, 6.07) is 0. The predicted molar refractivity (Wildman–Crippen MR) is 56.3 cm³/mol. The van der Waals surface area contributed by atoms with Gasteiger partial charge < -0.3 is 9.90 Å². The van der Waals surface area contributed by atoms with Gasteiger partial charge in [-0.1, -0.05) is 20.8 Å². The molecule has 2 rings (SSSR count). The predicted octanol–water partition coefficient (Wildman–Crippen LogP) is -0.452. The van der Waals surface area contributed by atoms with E-state index in [1.54, 1.807) is 0 Å². The van der Waals surface area contributed by atoms with E-state index in [9.17, 15) is 19.5 Å². The maximum Gasteiger partial charge on any atom is 0.236 e. The number of carboxylic acids is 1. The van der Waals surface area contributed by atoms with Crippen LogP contribution in [0.1, 0.15) is 33.6 Å². The van der Waals surface area contributed by atoms with Crippen molar-refractivity contribution >= 4 is 17.8 Å². The zero-order chi connectivity index (χ0) is 13.0. The lowest BCUT2D eigenvalue weighted by molar-refractivity contribution is -0.306. The number of carbonyl (C=O) groups excluding carboxylic acids is 3. The number of carboxylic acid groups (broad SMARTS) is 1. The lowest BCUT2D eigenvalue weighted by atomic mass is 9.62. The van der Waals surface area contributed by atoms with Gasteiger partial charge in [-0.25, -0.2) is 0 Å². The molecule has 0 spiro atoms. The van der Waals surface area contributed by atoms with Gasteiger partial charge in [-0.2, -0.15) is 0 Å². The Bertz CT molecular complexity index is 415. The first-order valence-electron chi connectivity index (χ1n) is 5.77. The highest BCUT2D eigenvalue weighted by molar-refractivity contribution is 6.05. The molecule has 2 atom stereocenters. The third-order valence-electron chi connectivity index (χ3n) is 4.79. The van der Waals surface area contributed by atoms with Crippen molar-refractivity contribution in [2.75, 3.05) is 6.54 Å². The number of fused-ring (bicyclic) bond motifs is 2. The number of amides is 2. The van der Waals surface area contributed by atoms with Crippen LogP contribution in [0.25, 0.3) is 0 Å². The van der Waals surface area contributed by atoms with Crippen LogP contribution in [-0.2, 0) is 14.4 Å². The van der Waals surface area contributed by atoms with Crippen molar-refractivity contribution in [1.29, 1.82) is 0 Å². The number of likely N-dealkylation sites (tertiary alicyclic amines) is 1. The van der Waals surface area contributed by atoms with Crippen molar-refractivity contribution in [3.63, 3.8) is 0 Å². The fourth-order valence-corrected chi connectivity index (χ4v) is 3.18. The van der Waals surface area contributed by atoms with Gasteiger partial charge in [0.05, 0.1) is 17.9 Å². The molecule has 2 amide bonds. The van der Waals surface area contributed by atoms with E-state index in [1.807, 2.05) is 20.8 Å². The number of hydrogen-bond donors (Lipinski definition) is 0. The Hall–Kier alpha value is -1.39. The summed E-state index contributed by atoms with van der Waals surface area (Å²) in [6.45, 7) is 5.03. The highest BCUT2D eigenvalue weighted by Crippen LogP contribution is 2.59. The summed E-state index contributed by atoms with van der Waals surface area (Å²) in [5.41, 5.74) is -1.04. The maximum atomic E-state index is 12.3. The molecule has 5 heteroatoms. The largest absolute Gasteiger partial charge is 0.548 e. The number of hydrogen-bond acceptors (Lipinski definition) is 4. The maximum absolute atomic E-state index is 12.3.